The SMILES string of the molecule is CCOc1cccc2nc3cccc(C(=O)NCCN(C)C)c3nc12. The molecule has 0 atom stereocenters. The van der Waals surface area contributed by atoms with Gasteiger partial charge in [0.1, 0.15) is 16.8 Å². The molecule has 3 rings (SSSR count). The zero-order chi connectivity index (χ0) is 17.8. The number of ether oxygens (including phenoxy) is 1. The number of likely N-dealkylation sites (N-methyl/N-ethyl adjacent to an activating group) is 1. The summed E-state index contributed by atoms with van der Waals surface area (Å²) in [6, 6.07) is 11.1. The van der Waals surface area contributed by atoms with Gasteiger partial charge in [0.25, 0.3) is 5.91 Å². The minimum atomic E-state index is -0.144. The van der Waals surface area contributed by atoms with Crippen molar-refractivity contribution >= 4 is 28.0 Å². The number of nitrogens with zero attached hydrogens (tertiary/aromatic N) is 3. The van der Waals surface area contributed by atoms with Gasteiger partial charge in [0, 0.05) is 13.1 Å². The number of hydrogen-bond acceptors (Lipinski definition) is 5. The number of amides is 1. The predicted octanol–water partition coefficient (Wildman–Crippen LogP) is 2.47. The third-order valence-electron chi connectivity index (χ3n) is 3.85. The highest BCUT2D eigenvalue weighted by Crippen LogP contribution is 2.26. The minimum absolute atomic E-state index is 0.144. The molecule has 0 radical (unpaired) electrons. The van der Waals surface area contributed by atoms with E-state index in [1.54, 1.807) is 6.07 Å². The van der Waals surface area contributed by atoms with Crippen LogP contribution in [0.1, 0.15) is 17.3 Å². The fraction of sp³-hybridized carbons (Fsp3) is 0.316. The summed E-state index contributed by atoms with van der Waals surface area (Å²) in [6.07, 6.45) is 0. The summed E-state index contributed by atoms with van der Waals surface area (Å²) in [4.78, 5) is 23.9. The first kappa shape index (κ1) is 17.1. The van der Waals surface area contributed by atoms with Crippen molar-refractivity contribution in [2.45, 2.75) is 6.92 Å². The Morgan fingerprint density at radius 3 is 2.52 bits per heavy atom. The van der Waals surface area contributed by atoms with Crippen LogP contribution in [-0.4, -0.2) is 54.6 Å². The Labute approximate surface area is 146 Å². The van der Waals surface area contributed by atoms with Crippen LogP contribution >= 0.6 is 0 Å². The van der Waals surface area contributed by atoms with E-state index >= 15 is 0 Å². The van der Waals surface area contributed by atoms with Crippen LogP contribution in [0.4, 0.5) is 0 Å². The average Bonchev–Trinajstić information content (AvgIpc) is 2.59. The number of nitrogens with one attached hydrogen (secondary N) is 1. The Morgan fingerprint density at radius 2 is 1.80 bits per heavy atom. The first-order chi connectivity index (χ1) is 12.1. The van der Waals surface area contributed by atoms with Gasteiger partial charge < -0.3 is 15.0 Å². The van der Waals surface area contributed by atoms with Gasteiger partial charge in [-0.2, -0.15) is 0 Å². The molecule has 0 saturated carbocycles. The lowest BCUT2D eigenvalue weighted by molar-refractivity contribution is 0.0952. The van der Waals surface area contributed by atoms with Crippen molar-refractivity contribution in [1.82, 2.24) is 20.2 Å². The lowest BCUT2D eigenvalue weighted by Gasteiger charge is -2.12. The van der Waals surface area contributed by atoms with Crippen LogP contribution in [0.5, 0.6) is 5.75 Å². The number of carbonyl (C=O) groups excluding carboxylic acids is 1. The fourth-order valence-electron chi connectivity index (χ4n) is 2.64. The number of hydrogen-bond donors (Lipinski definition) is 1. The van der Waals surface area contributed by atoms with Crippen LogP contribution in [0.15, 0.2) is 36.4 Å². The molecule has 0 unspecified atom stereocenters. The van der Waals surface area contributed by atoms with Gasteiger partial charge in [0.15, 0.2) is 0 Å². The molecule has 0 bridgehead atoms. The van der Waals surface area contributed by atoms with Crippen LogP contribution in [0.3, 0.4) is 0 Å². The van der Waals surface area contributed by atoms with E-state index in [-0.39, 0.29) is 5.91 Å². The van der Waals surface area contributed by atoms with E-state index in [0.717, 1.165) is 12.1 Å². The van der Waals surface area contributed by atoms with Crippen LogP contribution in [-0.2, 0) is 0 Å². The smallest absolute Gasteiger partial charge is 0.253 e. The second-order valence-corrected chi connectivity index (χ2v) is 6.01. The van der Waals surface area contributed by atoms with E-state index in [2.05, 4.69) is 10.3 Å². The normalized spacial score (nSPS) is 11.2. The van der Waals surface area contributed by atoms with Gasteiger partial charge in [-0.25, -0.2) is 9.97 Å². The summed E-state index contributed by atoms with van der Waals surface area (Å²) in [7, 11) is 3.94. The summed E-state index contributed by atoms with van der Waals surface area (Å²) in [5.74, 6) is 0.534. The maximum Gasteiger partial charge on any atom is 0.253 e. The van der Waals surface area contributed by atoms with Crippen LogP contribution in [0.25, 0.3) is 22.1 Å². The van der Waals surface area contributed by atoms with E-state index in [4.69, 9.17) is 9.72 Å². The lowest BCUT2D eigenvalue weighted by atomic mass is 10.1. The molecule has 1 aromatic heterocycles. The quantitative estimate of drug-likeness (QED) is 0.700. The molecule has 1 heterocycles. The molecule has 3 aromatic rings. The van der Waals surface area contributed by atoms with Gasteiger partial charge in [-0.15, -0.1) is 0 Å². The number of carbonyl (C=O) groups is 1. The Hall–Kier alpha value is -2.73. The Morgan fingerprint density at radius 1 is 1.08 bits per heavy atom. The van der Waals surface area contributed by atoms with Gasteiger partial charge in [-0.3, -0.25) is 4.79 Å². The van der Waals surface area contributed by atoms with E-state index < -0.39 is 0 Å². The van der Waals surface area contributed by atoms with Crippen molar-refractivity contribution in [3.8, 4) is 5.75 Å². The zero-order valence-electron chi connectivity index (χ0n) is 14.7. The first-order valence-corrected chi connectivity index (χ1v) is 8.35. The summed E-state index contributed by atoms with van der Waals surface area (Å²) in [5.41, 5.74) is 3.23. The van der Waals surface area contributed by atoms with E-state index in [9.17, 15) is 4.79 Å². The molecule has 2 aromatic carbocycles. The molecule has 6 nitrogen and oxygen atoms in total. The molecule has 0 spiro atoms. The third-order valence-corrected chi connectivity index (χ3v) is 3.85. The highest BCUT2D eigenvalue weighted by Gasteiger charge is 2.14. The second kappa shape index (κ2) is 7.44. The summed E-state index contributed by atoms with van der Waals surface area (Å²) in [5, 5.41) is 2.93. The highest BCUT2D eigenvalue weighted by atomic mass is 16.5. The van der Waals surface area contributed by atoms with Crippen LogP contribution in [0, 0.1) is 0 Å². The molecule has 6 heteroatoms. The summed E-state index contributed by atoms with van der Waals surface area (Å²) in [6.45, 7) is 3.83. The third kappa shape index (κ3) is 3.69. The average molecular weight is 338 g/mol. The van der Waals surface area contributed by atoms with Crippen LogP contribution < -0.4 is 10.1 Å². The van der Waals surface area contributed by atoms with Gasteiger partial charge in [-0.05, 0) is 45.3 Å². The predicted molar refractivity (Wildman–Crippen MR) is 99.1 cm³/mol. The Kier molecular flexibility index (Phi) is 5.09. The molecule has 0 saturated heterocycles. The molecule has 0 fully saturated rings. The molecule has 1 amide bonds. The Balaban J connectivity index is 2.04. The monoisotopic (exact) mass is 338 g/mol. The number of para-hydroxylation sites is 2. The van der Waals surface area contributed by atoms with Gasteiger partial charge in [0.05, 0.1) is 23.2 Å². The molecule has 0 aliphatic carbocycles. The van der Waals surface area contributed by atoms with Crippen molar-refractivity contribution in [3.63, 3.8) is 0 Å². The minimum Gasteiger partial charge on any atom is -0.492 e. The van der Waals surface area contributed by atoms with E-state index in [0.29, 0.717) is 41.0 Å². The number of rotatable bonds is 6. The Bertz CT molecular complexity index is 908. The van der Waals surface area contributed by atoms with Gasteiger partial charge >= 0.3 is 0 Å². The van der Waals surface area contributed by atoms with Crippen molar-refractivity contribution in [2.75, 3.05) is 33.8 Å². The highest BCUT2D eigenvalue weighted by molar-refractivity contribution is 6.06. The maximum absolute atomic E-state index is 12.6. The van der Waals surface area contributed by atoms with E-state index in [1.165, 1.54) is 0 Å². The summed E-state index contributed by atoms with van der Waals surface area (Å²) >= 11 is 0. The molecule has 0 aliphatic rings. The van der Waals surface area contributed by atoms with Crippen molar-refractivity contribution in [3.05, 3.63) is 42.0 Å². The molecule has 0 aliphatic heterocycles. The van der Waals surface area contributed by atoms with E-state index in [1.807, 2.05) is 56.3 Å². The second-order valence-electron chi connectivity index (χ2n) is 6.01. The number of fused-ring (bicyclic) bond motifs is 2. The maximum atomic E-state index is 12.6. The lowest BCUT2D eigenvalue weighted by Crippen LogP contribution is -2.31. The first-order valence-electron chi connectivity index (χ1n) is 8.35. The molecule has 1 N–H and O–H groups in total. The largest absolute Gasteiger partial charge is 0.492 e. The van der Waals surface area contributed by atoms with Crippen molar-refractivity contribution in [2.24, 2.45) is 0 Å². The van der Waals surface area contributed by atoms with Gasteiger partial charge in [0.2, 0.25) is 0 Å². The van der Waals surface area contributed by atoms with Crippen LogP contribution in [0.2, 0.25) is 0 Å². The fourth-order valence-corrected chi connectivity index (χ4v) is 2.64. The molecule has 25 heavy (non-hydrogen) atoms. The summed E-state index contributed by atoms with van der Waals surface area (Å²) < 4.78 is 5.65. The topological polar surface area (TPSA) is 67.3 Å². The zero-order valence-corrected chi connectivity index (χ0v) is 14.7. The molecule has 130 valence electrons. The number of benzene rings is 2. The molecular weight excluding hydrogens is 316 g/mol. The molecular formula is C19H22N4O2. The standard InChI is InChI=1S/C19H22N4O2/c1-4-25-16-10-6-9-15-18(16)22-17-13(7-5-8-14(17)21-15)19(24)20-11-12-23(2)3/h5-10H,4,11-12H2,1-3H3,(H,20,24). The van der Waals surface area contributed by atoms with Crippen molar-refractivity contribution < 1.29 is 9.53 Å². The van der Waals surface area contributed by atoms with Gasteiger partial charge in [-0.1, -0.05) is 12.1 Å². The van der Waals surface area contributed by atoms with Crippen molar-refractivity contribution in [1.29, 1.82) is 0 Å². The number of aromatic nitrogens is 2.